The number of carbonyl (C=O) groups excluding carboxylic acids is 1. The lowest BCUT2D eigenvalue weighted by molar-refractivity contribution is 0.0941. The smallest absolute Gasteiger partial charge is 0.251 e. The normalized spacial score (nSPS) is 19.9. The summed E-state index contributed by atoms with van der Waals surface area (Å²) in [6, 6.07) is 12.7. The van der Waals surface area contributed by atoms with Gasteiger partial charge in [-0.3, -0.25) is 9.79 Å². The lowest BCUT2D eigenvalue weighted by Crippen LogP contribution is -2.41. The van der Waals surface area contributed by atoms with E-state index < -0.39 is 0 Å². The van der Waals surface area contributed by atoms with Crippen molar-refractivity contribution in [3.8, 4) is 5.75 Å². The van der Waals surface area contributed by atoms with Gasteiger partial charge in [0.25, 0.3) is 5.91 Å². The molecule has 1 amide bonds. The Morgan fingerprint density at radius 2 is 1.93 bits per heavy atom. The van der Waals surface area contributed by atoms with E-state index in [0.29, 0.717) is 5.56 Å². The van der Waals surface area contributed by atoms with Crippen LogP contribution in [0.3, 0.4) is 0 Å². The minimum atomic E-state index is -0.374. The number of halogens is 1. The largest absolute Gasteiger partial charge is 0.497 e. The SMILES string of the molecule is COc1ccc(N=C2CCCC(NC(=O)c3ccc(F)cc3)/C2=C/N)cc1. The van der Waals surface area contributed by atoms with Crippen molar-refractivity contribution in [3.63, 3.8) is 0 Å². The highest BCUT2D eigenvalue weighted by Crippen LogP contribution is 2.26. The molecule has 1 aliphatic rings. The molecule has 3 N–H and O–H groups in total. The number of benzene rings is 2. The zero-order chi connectivity index (χ0) is 19.2. The van der Waals surface area contributed by atoms with Gasteiger partial charge >= 0.3 is 0 Å². The standard InChI is InChI=1S/C21H22FN3O2/c1-27-17-11-9-16(10-12-17)24-19-3-2-4-20(18(19)13-23)25-21(26)14-5-7-15(22)8-6-14/h5-13,20H,2-4,23H2,1H3,(H,25,26)/b18-13+,24-19?. The van der Waals surface area contributed by atoms with E-state index in [4.69, 9.17) is 15.5 Å². The van der Waals surface area contributed by atoms with Crippen molar-refractivity contribution >= 4 is 17.3 Å². The molecule has 27 heavy (non-hydrogen) atoms. The zero-order valence-electron chi connectivity index (χ0n) is 15.1. The fourth-order valence-corrected chi connectivity index (χ4v) is 3.11. The lowest BCUT2D eigenvalue weighted by atomic mass is 9.88. The number of hydrogen-bond donors (Lipinski definition) is 2. The second-order valence-corrected chi connectivity index (χ2v) is 6.30. The Morgan fingerprint density at radius 3 is 2.56 bits per heavy atom. The Hall–Kier alpha value is -3.15. The van der Waals surface area contributed by atoms with Crippen LogP contribution in [0.5, 0.6) is 5.75 Å². The highest BCUT2D eigenvalue weighted by atomic mass is 19.1. The number of amides is 1. The molecule has 6 heteroatoms. The van der Waals surface area contributed by atoms with E-state index >= 15 is 0 Å². The van der Waals surface area contributed by atoms with Crippen LogP contribution in [-0.4, -0.2) is 24.8 Å². The van der Waals surface area contributed by atoms with Gasteiger partial charge in [-0.25, -0.2) is 4.39 Å². The molecule has 1 saturated carbocycles. The number of nitrogens with zero attached hydrogens (tertiary/aromatic N) is 1. The molecule has 2 aromatic carbocycles. The maximum atomic E-state index is 13.1. The van der Waals surface area contributed by atoms with Crippen LogP contribution in [-0.2, 0) is 0 Å². The van der Waals surface area contributed by atoms with Gasteiger partial charge in [-0.15, -0.1) is 0 Å². The van der Waals surface area contributed by atoms with Crippen LogP contribution >= 0.6 is 0 Å². The number of rotatable bonds is 4. The van der Waals surface area contributed by atoms with Crippen LogP contribution in [0.2, 0.25) is 0 Å². The maximum Gasteiger partial charge on any atom is 0.251 e. The van der Waals surface area contributed by atoms with E-state index in [1.165, 1.54) is 30.5 Å². The Bertz CT molecular complexity index is 858. The summed E-state index contributed by atoms with van der Waals surface area (Å²) >= 11 is 0. The number of nitrogens with one attached hydrogen (secondary N) is 1. The van der Waals surface area contributed by atoms with Gasteiger partial charge in [0.1, 0.15) is 11.6 Å². The molecule has 140 valence electrons. The summed E-state index contributed by atoms with van der Waals surface area (Å²) in [5, 5.41) is 2.98. The Labute approximate surface area is 157 Å². The first-order valence-electron chi connectivity index (χ1n) is 8.81. The summed E-state index contributed by atoms with van der Waals surface area (Å²) in [6.07, 6.45) is 3.97. The van der Waals surface area contributed by atoms with Crippen molar-refractivity contribution in [2.45, 2.75) is 25.3 Å². The molecule has 3 rings (SSSR count). The van der Waals surface area contributed by atoms with E-state index in [1.807, 2.05) is 24.3 Å². The fourth-order valence-electron chi connectivity index (χ4n) is 3.11. The van der Waals surface area contributed by atoms with Crippen LogP contribution < -0.4 is 15.8 Å². The van der Waals surface area contributed by atoms with Crippen molar-refractivity contribution in [2.24, 2.45) is 10.7 Å². The Kier molecular flexibility index (Phi) is 5.86. The molecule has 0 heterocycles. The molecule has 2 aromatic rings. The average molecular weight is 367 g/mol. The lowest BCUT2D eigenvalue weighted by Gasteiger charge is -2.27. The Balaban J connectivity index is 1.77. The predicted molar refractivity (Wildman–Crippen MR) is 104 cm³/mol. The van der Waals surface area contributed by atoms with Crippen LogP contribution in [0.4, 0.5) is 10.1 Å². The molecule has 0 bridgehead atoms. The van der Waals surface area contributed by atoms with E-state index in [0.717, 1.165) is 42.0 Å². The summed E-state index contributed by atoms with van der Waals surface area (Å²) in [6.45, 7) is 0. The highest BCUT2D eigenvalue weighted by molar-refractivity contribution is 6.04. The van der Waals surface area contributed by atoms with Crippen LogP contribution in [0.25, 0.3) is 0 Å². The Morgan fingerprint density at radius 1 is 1.22 bits per heavy atom. The fraction of sp³-hybridized carbons (Fsp3) is 0.238. The van der Waals surface area contributed by atoms with Crippen molar-refractivity contribution in [3.05, 3.63) is 71.7 Å². The maximum absolute atomic E-state index is 13.1. The third-order valence-corrected chi connectivity index (χ3v) is 4.54. The molecule has 0 saturated heterocycles. The van der Waals surface area contributed by atoms with Gasteiger partial charge in [-0.2, -0.15) is 0 Å². The molecule has 0 aliphatic heterocycles. The van der Waals surface area contributed by atoms with Crippen LogP contribution in [0.1, 0.15) is 29.6 Å². The summed E-state index contributed by atoms with van der Waals surface area (Å²) in [5.41, 5.74) is 8.74. The number of aliphatic imine (C=N–C) groups is 1. The number of nitrogens with two attached hydrogens (primary N) is 1. The second-order valence-electron chi connectivity index (χ2n) is 6.30. The van der Waals surface area contributed by atoms with Crippen molar-refractivity contribution in [1.82, 2.24) is 5.32 Å². The molecule has 5 nitrogen and oxygen atoms in total. The highest BCUT2D eigenvalue weighted by Gasteiger charge is 2.25. The van der Waals surface area contributed by atoms with E-state index in [1.54, 1.807) is 7.11 Å². The molecule has 1 atom stereocenters. The van der Waals surface area contributed by atoms with Gasteiger partial charge in [0, 0.05) is 23.0 Å². The molecule has 1 aliphatic carbocycles. The van der Waals surface area contributed by atoms with Crippen molar-refractivity contribution < 1.29 is 13.9 Å². The molecule has 1 fully saturated rings. The van der Waals surface area contributed by atoms with Gasteiger partial charge in [-0.1, -0.05) is 0 Å². The first-order chi connectivity index (χ1) is 13.1. The monoisotopic (exact) mass is 367 g/mol. The average Bonchev–Trinajstić information content (AvgIpc) is 2.69. The van der Waals surface area contributed by atoms with Crippen LogP contribution in [0, 0.1) is 5.82 Å². The number of carbonyl (C=O) groups is 1. The molecule has 0 radical (unpaired) electrons. The summed E-state index contributed by atoms with van der Waals surface area (Å²) < 4.78 is 18.2. The van der Waals surface area contributed by atoms with Crippen LogP contribution in [0.15, 0.2) is 65.3 Å². The summed E-state index contributed by atoms with van der Waals surface area (Å²) in [4.78, 5) is 17.2. The molecular formula is C21H22FN3O2. The third-order valence-electron chi connectivity index (χ3n) is 4.54. The first-order valence-corrected chi connectivity index (χ1v) is 8.81. The topological polar surface area (TPSA) is 76.7 Å². The quantitative estimate of drug-likeness (QED) is 0.864. The zero-order valence-corrected chi connectivity index (χ0v) is 15.1. The predicted octanol–water partition coefficient (Wildman–Crippen LogP) is 3.73. The van der Waals surface area contributed by atoms with Gasteiger partial charge in [0.2, 0.25) is 0 Å². The van der Waals surface area contributed by atoms with Crippen molar-refractivity contribution in [2.75, 3.05) is 7.11 Å². The van der Waals surface area contributed by atoms with E-state index in [9.17, 15) is 9.18 Å². The number of hydrogen-bond acceptors (Lipinski definition) is 4. The molecule has 1 unspecified atom stereocenters. The molecule has 0 aromatic heterocycles. The van der Waals surface area contributed by atoms with Gasteiger partial charge < -0.3 is 15.8 Å². The minimum Gasteiger partial charge on any atom is -0.497 e. The van der Waals surface area contributed by atoms with E-state index in [-0.39, 0.29) is 17.8 Å². The van der Waals surface area contributed by atoms with Crippen molar-refractivity contribution in [1.29, 1.82) is 0 Å². The molecular weight excluding hydrogens is 345 g/mol. The first kappa shape index (κ1) is 18.6. The molecule has 0 spiro atoms. The van der Waals surface area contributed by atoms with E-state index in [2.05, 4.69) is 5.32 Å². The summed E-state index contributed by atoms with van der Waals surface area (Å²) in [5.74, 6) is 0.132. The number of methoxy groups -OCH3 is 1. The van der Waals surface area contributed by atoms with Gasteiger partial charge in [-0.05, 0) is 67.8 Å². The second kappa shape index (κ2) is 8.49. The number of ether oxygens (including phenoxy) is 1. The summed E-state index contributed by atoms with van der Waals surface area (Å²) in [7, 11) is 1.62. The van der Waals surface area contributed by atoms with Gasteiger partial charge in [0.15, 0.2) is 0 Å². The van der Waals surface area contributed by atoms with Gasteiger partial charge in [0.05, 0.1) is 18.8 Å². The third kappa shape index (κ3) is 4.53. The minimum absolute atomic E-state index is 0.224.